The Morgan fingerprint density at radius 1 is 0.932 bits per heavy atom. The van der Waals surface area contributed by atoms with Crippen molar-refractivity contribution in [2.45, 2.75) is 13.3 Å². The molecule has 0 atom stereocenters. The zero-order chi connectivity index (χ0) is 30.6. The summed E-state index contributed by atoms with van der Waals surface area (Å²) in [5.74, 6) is 1.34. The molecule has 0 spiro atoms. The minimum Gasteiger partial charge on any atom is -0.494 e. The van der Waals surface area contributed by atoms with Crippen LogP contribution < -0.4 is 24.3 Å². The predicted molar refractivity (Wildman–Crippen MR) is 169 cm³/mol. The van der Waals surface area contributed by atoms with Gasteiger partial charge in [-0.25, -0.2) is 9.07 Å². The second-order valence-electron chi connectivity index (χ2n) is 9.73. The van der Waals surface area contributed by atoms with Crippen LogP contribution in [-0.4, -0.2) is 45.2 Å². The Morgan fingerprint density at radius 3 is 2.45 bits per heavy atom. The molecule has 0 N–H and O–H groups in total. The third kappa shape index (κ3) is 5.82. The van der Waals surface area contributed by atoms with E-state index in [-0.39, 0.29) is 11.3 Å². The number of aromatic nitrogens is 5. The maximum Gasteiger partial charge on any atom is 0.291 e. The quantitative estimate of drug-likeness (QED) is 0.198. The average Bonchev–Trinajstić information content (AvgIpc) is 3.74. The lowest BCUT2D eigenvalue weighted by Crippen LogP contribution is -2.23. The highest BCUT2D eigenvalue weighted by Crippen LogP contribution is 2.30. The van der Waals surface area contributed by atoms with Gasteiger partial charge in [0.05, 0.1) is 31.0 Å². The molecule has 0 amide bonds. The number of hydrogen-bond donors (Lipinski definition) is 0. The Morgan fingerprint density at radius 2 is 1.73 bits per heavy atom. The van der Waals surface area contributed by atoms with Crippen LogP contribution in [-0.2, 0) is 0 Å². The lowest BCUT2D eigenvalue weighted by Gasteiger charge is -2.10. The van der Waals surface area contributed by atoms with Crippen LogP contribution in [0.15, 0.2) is 77.7 Å². The first-order valence-electron chi connectivity index (χ1n) is 13.9. The molecule has 0 aliphatic heterocycles. The zero-order valence-electron chi connectivity index (χ0n) is 24.2. The van der Waals surface area contributed by atoms with Gasteiger partial charge in [-0.3, -0.25) is 4.79 Å². The topological polar surface area (TPSA) is 92.8 Å². The van der Waals surface area contributed by atoms with Crippen LogP contribution in [0.5, 0.6) is 17.2 Å². The van der Waals surface area contributed by atoms with E-state index >= 15 is 0 Å². The summed E-state index contributed by atoms with van der Waals surface area (Å²) in [5, 5.41) is 9.14. The van der Waals surface area contributed by atoms with Gasteiger partial charge in [0.15, 0.2) is 28.9 Å². The van der Waals surface area contributed by atoms with E-state index in [0.717, 1.165) is 17.7 Å². The Hall–Kier alpha value is -5.29. The number of fused-ring (bicyclic) bond motifs is 1. The highest BCUT2D eigenvalue weighted by Gasteiger charge is 2.16. The maximum absolute atomic E-state index is 14.6. The van der Waals surface area contributed by atoms with Crippen LogP contribution in [0.1, 0.15) is 30.3 Å². The molecule has 0 aliphatic rings. The number of benzene rings is 3. The molecule has 6 aromatic rings. The first-order chi connectivity index (χ1) is 21.5. The lowest BCUT2D eigenvalue weighted by molar-refractivity contribution is 0.294. The van der Waals surface area contributed by atoms with Crippen molar-refractivity contribution in [2.75, 3.05) is 20.8 Å². The van der Waals surface area contributed by atoms with Crippen LogP contribution in [0.4, 0.5) is 4.39 Å². The Bertz CT molecular complexity index is 2080. The van der Waals surface area contributed by atoms with Crippen LogP contribution in [0.2, 0.25) is 0 Å². The summed E-state index contributed by atoms with van der Waals surface area (Å²) in [4.78, 5) is 18.4. The van der Waals surface area contributed by atoms with Crippen molar-refractivity contribution in [2.24, 2.45) is 0 Å². The van der Waals surface area contributed by atoms with Gasteiger partial charge in [-0.15, -0.1) is 5.10 Å². The van der Waals surface area contributed by atoms with E-state index in [1.54, 1.807) is 36.1 Å². The van der Waals surface area contributed by atoms with Crippen LogP contribution in [0.3, 0.4) is 0 Å². The van der Waals surface area contributed by atoms with Crippen molar-refractivity contribution in [3.8, 4) is 34.2 Å². The molecule has 3 aromatic heterocycles. The average molecular weight is 610 g/mol. The van der Waals surface area contributed by atoms with Crippen molar-refractivity contribution in [1.29, 1.82) is 0 Å². The SMILES string of the molecule is CCCOc1ccc(/C=C/c2nc3s/c(=C\c4cn(-c5ccccc5)nc4-c4ccc(OC)c(F)c4)c(=O)n3n2)cc1OC. The smallest absolute Gasteiger partial charge is 0.291 e. The fraction of sp³-hybridized carbons (Fsp3) is 0.152. The number of hydrogen-bond acceptors (Lipinski definition) is 8. The third-order valence-electron chi connectivity index (χ3n) is 6.75. The molecule has 0 saturated carbocycles. The first kappa shape index (κ1) is 28.8. The standard InChI is InChI=1S/C33H28FN5O4S/c1-4-16-43-27-13-10-21(17-28(27)42-3)11-15-30-35-33-39(36-30)32(40)29(44-33)19-23-20-38(24-8-6-5-7-9-24)37-31(23)22-12-14-26(41-2)25(34)18-22/h5-15,17-20H,4,16H2,1-3H3/b15-11+,29-19-. The minimum atomic E-state index is -0.506. The fourth-order valence-corrected chi connectivity index (χ4v) is 5.50. The molecule has 0 radical (unpaired) electrons. The lowest BCUT2D eigenvalue weighted by atomic mass is 10.1. The van der Waals surface area contributed by atoms with Gasteiger partial charge >= 0.3 is 0 Å². The van der Waals surface area contributed by atoms with Gasteiger partial charge in [-0.1, -0.05) is 48.6 Å². The summed E-state index contributed by atoms with van der Waals surface area (Å²) in [6.07, 6.45) is 8.03. The van der Waals surface area contributed by atoms with E-state index in [1.165, 1.54) is 29.0 Å². The number of halogens is 1. The van der Waals surface area contributed by atoms with Crippen molar-refractivity contribution < 1.29 is 18.6 Å². The molecule has 0 saturated heterocycles. The zero-order valence-corrected chi connectivity index (χ0v) is 25.0. The van der Waals surface area contributed by atoms with Crippen molar-refractivity contribution in [3.05, 3.63) is 111 Å². The number of ether oxygens (including phenoxy) is 3. The maximum atomic E-state index is 14.6. The highest BCUT2D eigenvalue weighted by atomic mass is 32.1. The molecular formula is C33H28FN5O4S. The van der Waals surface area contributed by atoms with Gasteiger partial charge in [0.1, 0.15) is 5.69 Å². The number of nitrogens with zero attached hydrogens (tertiary/aromatic N) is 5. The first-order valence-corrected chi connectivity index (χ1v) is 14.7. The molecule has 6 rings (SSSR count). The van der Waals surface area contributed by atoms with Crippen molar-refractivity contribution in [1.82, 2.24) is 24.4 Å². The molecule has 11 heteroatoms. The van der Waals surface area contributed by atoms with Gasteiger partial charge in [0, 0.05) is 17.3 Å². The summed E-state index contributed by atoms with van der Waals surface area (Å²) in [6, 6.07) is 19.9. The van der Waals surface area contributed by atoms with E-state index in [9.17, 15) is 9.18 Å². The molecule has 0 unspecified atom stereocenters. The van der Waals surface area contributed by atoms with Crippen LogP contribution in [0.25, 0.3) is 40.1 Å². The number of rotatable bonds is 10. The predicted octanol–water partition coefficient (Wildman–Crippen LogP) is 5.67. The van der Waals surface area contributed by atoms with Crippen LogP contribution in [0, 0.1) is 5.82 Å². The summed E-state index contributed by atoms with van der Waals surface area (Å²) >= 11 is 1.21. The van der Waals surface area contributed by atoms with Crippen LogP contribution >= 0.6 is 11.3 Å². The number of thiazole rings is 1. The van der Waals surface area contributed by atoms with Gasteiger partial charge in [-0.05, 0) is 66.6 Å². The van der Waals surface area contributed by atoms with Gasteiger partial charge < -0.3 is 14.2 Å². The Balaban J connectivity index is 1.34. The van der Waals surface area contributed by atoms with Gasteiger partial charge in [-0.2, -0.15) is 14.6 Å². The summed E-state index contributed by atoms with van der Waals surface area (Å²) < 4.78 is 34.3. The van der Waals surface area contributed by atoms with E-state index in [0.29, 0.717) is 50.2 Å². The van der Waals surface area contributed by atoms with Crippen molar-refractivity contribution >= 4 is 34.5 Å². The second kappa shape index (κ2) is 12.5. The van der Waals surface area contributed by atoms with E-state index in [4.69, 9.17) is 19.3 Å². The van der Waals surface area contributed by atoms with Gasteiger partial charge in [0.25, 0.3) is 5.56 Å². The Kier molecular flexibility index (Phi) is 8.20. The number of methoxy groups -OCH3 is 2. The molecule has 44 heavy (non-hydrogen) atoms. The van der Waals surface area contributed by atoms with E-state index in [1.807, 2.05) is 67.7 Å². The molecule has 0 aliphatic carbocycles. The molecular weight excluding hydrogens is 581 g/mol. The second-order valence-corrected chi connectivity index (χ2v) is 10.7. The summed E-state index contributed by atoms with van der Waals surface area (Å²) in [6.45, 7) is 2.65. The summed E-state index contributed by atoms with van der Waals surface area (Å²) in [7, 11) is 3.01. The highest BCUT2D eigenvalue weighted by molar-refractivity contribution is 7.15. The molecule has 0 fully saturated rings. The van der Waals surface area contributed by atoms with E-state index < -0.39 is 5.82 Å². The molecule has 3 aromatic carbocycles. The largest absolute Gasteiger partial charge is 0.494 e. The fourth-order valence-electron chi connectivity index (χ4n) is 4.59. The van der Waals surface area contributed by atoms with E-state index in [2.05, 4.69) is 10.1 Å². The number of para-hydroxylation sites is 1. The van der Waals surface area contributed by atoms with Crippen molar-refractivity contribution in [3.63, 3.8) is 0 Å². The normalized spacial score (nSPS) is 12.0. The summed E-state index contributed by atoms with van der Waals surface area (Å²) in [5.41, 5.74) is 3.09. The third-order valence-corrected chi connectivity index (χ3v) is 7.71. The molecule has 0 bridgehead atoms. The molecule has 9 nitrogen and oxygen atoms in total. The van der Waals surface area contributed by atoms with Gasteiger partial charge in [0.2, 0.25) is 4.96 Å². The molecule has 222 valence electrons. The Labute approximate surface area is 256 Å². The monoisotopic (exact) mass is 609 g/mol. The molecule has 3 heterocycles. The minimum absolute atomic E-state index is 0.135.